The van der Waals surface area contributed by atoms with Crippen LogP contribution in [0.1, 0.15) is 25.3 Å². The molecule has 1 aromatic heterocycles. The number of nitrogens with zero attached hydrogens (tertiary/aromatic N) is 3. The maximum absolute atomic E-state index is 12.1. The summed E-state index contributed by atoms with van der Waals surface area (Å²) in [6.45, 7) is 6.51. The van der Waals surface area contributed by atoms with E-state index in [0.717, 1.165) is 5.56 Å². The first-order valence-corrected chi connectivity index (χ1v) is 6.71. The van der Waals surface area contributed by atoms with Gasteiger partial charge >= 0.3 is 6.03 Å². The van der Waals surface area contributed by atoms with Gasteiger partial charge in [-0.25, -0.2) is 4.79 Å². The predicted molar refractivity (Wildman–Crippen MR) is 68.4 cm³/mol. The molecule has 0 unspecified atom stereocenters. The molecule has 0 radical (unpaired) electrons. The number of amides is 1. The Morgan fingerprint density at radius 2 is 2.17 bits per heavy atom. The monoisotopic (exact) mass is 248 g/mol. The topological polar surface area (TPSA) is 50.2 Å². The lowest BCUT2D eigenvalue weighted by atomic mass is 9.79. The second kappa shape index (κ2) is 4.39. The highest BCUT2D eigenvalue weighted by Gasteiger charge is 2.40. The van der Waals surface area contributed by atoms with Gasteiger partial charge in [0.25, 0.3) is 0 Å². The Morgan fingerprint density at radius 1 is 1.44 bits per heavy atom. The molecule has 4 rings (SSSR count). The highest BCUT2D eigenvalue weighted by atomic mass is 16.2. The van der Waals surface area contributed by atoms with E-state index in [-0.39, 0.29) is 12.1 Å². The molecule has 4 heterocycles. The Morgan fingerprint density at radius 3 is 2.72 bits per heavy atom. The maximum atomic E-state index is 12.1. The summed E-state index contributed by atoms with van der Waals surface area (Å²) in [6, 6.07) is 0.608. The number of carbonyl (C=O) groups excluding carboxylic acids is 1. The number of aromatic nitrogens is 2. The van der Waals surface area contributed by atoms with Crippen molar-refractivity contribution in [3.63, 3.8) is 0 Å². The van der Waals surface area contributed by atoms with Crippen molar-refractivity contribution in [2.45, 2.75) is 38.8 Å². The fraction of sp³-hybridized carbons (Fsp3) is 0.692. The number of rotatable bonds is 1. The summed E-state index contributed by atoms with van der Waals surface area (Å²) in [5.41, 5.74) is 1.01. The van der Waals surface area contributed by atoms with Gasteiger partial charge in [-0.3, -0.25) is 4.90 Å². The first kappa shape index (κ1) is 11.7. The molecule has 3 aliphatic heterocycles. The largest absolute Gasteiger partial charge is 0.342 e. The third-order valence-electron chi connectivity index (χ3n) is 4.39. The Bertz CT molecular complexity index is 446. The second-order valence-electron chi connectivity index (χ2n) is 5.55. The zero-order valence-corrected chi connectivity index (χ0v) is 11.0. The van der Waals surface area contributed by atoms with Crippen LogP contribution in [0.4, 0.5) is 4.79 Å². The summed E-state index contributed by atoms with van der Waals surface area (Å²) >= 11 is 0. The number of fused-ring (bicyclic) bond motifs is 3. The molecule has 0 aromatic carbocycles. The molecule has 5 heteroatoms. The fourth-order valence-corrected chi connectivity index (χ4v) is 3.28. The normalized spacial score (nSPS) is 34.6. The molecule has 5 nitrogen and oxygen atoms in total. The second-order valence-corrected chi connectivity index (χ2v) is 5.55. The Hall–Kier alpha value is -1.36. The van der Waals surface area contributed by atoms with Crippen LogP contribution in [0.5, 0.6) is 0 Å². The molecule has 1 aromatic rings. The van der Waals surface area contributed by atoms with Gasteiger partial charge in [0.15, 0.2) is 0 Å². The van der Waals surface area contributed by atoms with Crippen molar-refractivity contribution in [2.24, 2.45) is 5.92 Å². The zero-order chi connectivity index (χ0) is 12.7. The van der Waals surface area contributed by atoms with Gasteiger partial charge in [0.05, 0.1) is 6.20 Å². The van der Waals surface area contributed by atoms with Crippen LogP contribution in [-0.2, 0) is 0 Å². The van der Waals surface area contributed by atoms with Gasteiger partial charge in [0.2, 0.25) is 0 Å². The van der Waals surface area contributed by atoms with Crippen molar-refractivity contribution in [3.05, 3.63) is 18.0 Å². The first-order chi connectivity index (χ1) is 8.65. The van der Waals surface area contributed by atoms with E-state index in [0.29, 0.717) is 12.0 Å². The van der Waals surface area contributed by atoms with Crippen molar-refractivity contribution < 1.29 is 4.79 Å². The SMILES string of the molecule is Cc1cnn(C(=O)N[C@@H]2C3CCN(CC3)[C@H]2C)c1. The molecule has 3 saturated heterocycles. The molecular weight excluding hydrogens is 228 g/mol. The number of nitrogens with one attached hydrogen (secondary N) is 1. The number of carbonyl (C=O) groups is 1. The highest BCUT2D eigenvalue weighted by molar-refractivity contribution is 5.76. The third-order valence-corrected chi connectivity index (χ3v) is 4.39. The van der Waals surface area contributed by atoms with Gasteiger partial charge in [-0.05, 0) is 51.3 Å². The summed E-state index contributed by atoms with van der Waals surface area (Å²) in [4.78, 5) is 14.6. The van der Waals surface area contributed by atoms with E-state index < -0.39 is 0 Å². The van der Waals surface area contributed by atoms with E-state index in [9.17, 15) is 4.79 Å². The molecule has 18 heavy (non-hydrogen) atoms. The molecule has 0 aliphatic carbocycles. The minimum Gasteiger partial charge on any atom is -0.332 e. The Labute approximate surface area is 107 Å². The summed E-state index contributed by atoms with van der Waals surface area (Å²) < 4.78 is 1.40. The molecule has 2 atom stereocenters. The van der Waals surface area contributed by atoms with E-state index in [2.05, 4.69) is 22.2 Å². The van der Waals surface area contributed by atoms with Gasteiger partial charge in [0.1, 0.15) is 0 Å². The van der Waals surface area contributed by atoms with Crippen molar-refractivity contribution in [2.75, 3.05) is 13.1 Å². The third kappa shape index (κ3) is 1.92. The van der Waals surface area contributed by atoms with Crippen molar-refractivity contribution in [1.82, 2.24) is 20.0 Å². The van der Waals surface area contributed by atoms with E-state index in [4.69, 9.17) is 0 Å². The Kier molecular flexibility index (Phi) is 2.86. The number of hydrogen-bond acceptors (Lipinski definition) is 3. The van der Waals surface area contributed by atoms with Crippen LogP contribution in [-0.4, -0.2) is 45.9 Å². The van der Waals surface area contributed by atoms with Crippen LogP contribution >= 0.6 is 0 Å². The molecule has 98 valence electrons. The summed E-state index contributed by atoms with van der Waals surface area (Å²) in [5.74, 6) is 0.630. The van der Waals surface area contributed by atoms with Crippen molar-refractivity contribution in [1.29, 1.82) is 0 Å². The van der Waals surface area contributed by atoms with Gasteiger partial charge in [-0.15, -0.1) is 0 Å². The standard InChI is InChI=1S/C13H20N4O/c1-9-7-14-17(8-9)13(18)15-12-10(2)16-5-3-11(12)4-6-16/h7-8,10-12H,3-6H2,1-2H3,(H,15,18)/t10-,12-/m0/s1. The van der Waals surface area contributed by atoms with Crippen molar-refractivity contribution in [3.8, 4) is 0 Å². The van der Waals surface area contributed by atoms with E-state index >= 15 is 0 Å². The summed E-state index contributed by atoms with van der Waals surface area (Å²) in [6.07, 6.45) is 5.88. The van der Waals surface area contributed by atoms with Crippen LogP contribution in [0.3, 0.4) is 0 Å². The summed E-state index contributed by atoms with van der Waals surface area (Å²) in [7, 11) is 0. The number of piperidine rings is 3. The average Bonchev–Trinajstić information content (AvgIpc) is 2.81. The summed E-state index contributed by atoms with van der Waals surface area (Å²) in [5, 5.41) is 7.21. The lowest BCUT2D eigenvalue weighted by Gasteiger charge is -2.49. The minimum absolute atomic E-state index is 0.103. The van der Waals surface area contributed by atoms with Crippen LogP contribution in [0.25, 0.3) is 0 Å². The van der Waals surface area contributed by atoms with Gasteiger partial charge in [-0.1, -0.05) is 0 Å². The van der Waals surface area contributed by atoms with Gasteiger partial charge < -0.3 is 5.32 Å². The first-order valence-electron chi connectivity index (χ1n) is 6.71. The van der Waals surface area contributed by atoms with Crippen LogP contribution < -0.4 is 5.32 Å². The molecule has 0 spiro atoms. The maximum Gasteiger partial charge on any atom is 0.342 e. The fourth-order valence-electron chi connectivity index (χ4n) is 3.28. The van der Waals surface area contributed by atoms with E-state index in [1.54, 1.807) is 12.4 Å². The molecule has 3 aliphatic rings. The smallest absolute Gasteiger partial charge is 0.332 e. The lowest BCUT2D eigenvalue weighted by Crippen LogP contribution is -2.62. The van der Waals surface area contributed by atoms with Crippen molar-refractivity contribution >= 4 is 6.03 Å². The molecule has 3 fully saturated rings. The zero-order valence-electron chi connectivity index (χ0n) is 11.0. The number of aryl methyl sites for hydroxylation is 1. The molecular formula is C13H20N4O. The van der Waals surface area contributed by atoms with Crippen LogP contribution in [0.15, 0.2) is 12.4 Å². The van der Waals surface area contributed by atoms with Gasteiger partial charge in [0, 0.05) is 18.3 Å². The quantitative estimate of drug-likeness (QED) is 0.813. The predicted octanol–water partition coefficient (Wildman–Crippen LogP) is 1.23. The van der Waals surface area contributed by atoms with Crippen LogP contribution in [0, 0.1) is 12.8 Å². The molecule has 2 bridgehead atoms. The lowest BCUT2D eigenvalue weighted by molar-refractivity contribution is 0.0266. The van der Waals surface area contributed by atoms with Crippen LogP contribution in [0.2, 0.25) is 0 Å². The van der Waals surface area contributed by atoms with Gasteiger partial charge in [-0.2, -0.15) is 9.78 Å². The average molecular weight is 248 g/mol. The van der Waals surface area contributed by atoms with E-state index in [1.165, 1.54) is 30.6 Å². The minimum atomic E-state index is -0.103. The number of hydrogen-bond donors (Lipinski definition) is 1. The molecule has 0 saturated carbocycles. The highest BCUT2D eigenvalue weighted by Crippen LogP contribution is 2.32. The Balaban J connectivity index is 1.71. The molecule has 1 amide bonds. The van der Waals surface area contributed by atoms with E-state index in [1.807, 2.05) is 6.92 Å². The molecule has 1 N–H and O–H groups in total.